The first kappa shape index (κ1) is 16.2. The van der Waals surface area contributed by atoms with Gasteiger partial charge in [-0.25, -0.2) is 0 Å². The molecule has 4 nitrogen and oxygen atoms in total. The molecule has 0 aromatic rings. The Morgan fingerprint density at radius 2 is 2.00 bits per heavy atom. The molecule has 2 aliphatic rings. The molecule has 1 saturated carbocycles. The average molecular weight is 285 g/mol. The van der Waals surface area contributed by atoms with Crippen LogP contribution >= 0.6 is 0 Å². The van der Waals surface area contributed by atoms with Gasteiger partial charge < -0.3 is 14.6 Å². The van der Waals surface area contributed by atoms with E-state index < -0.39 is 0 Å². The van der Waals surface area contributed by atoms with Gasteiger partial charge in [0, 0.05) is 32.8 Å². The monoisotopic (exact) mass is 285 g/mol. The maximum absolute atomic E-state index is 10.1. The fourth-order valence-electron chi connectivity index (χ4n) is 3.55. The van der Waals surface area contributed by atoms with E-state index in [2.05, 4.69) is 11.8 Å². The van der Waals surface area contributed by atoms with Crippen molar-refractivity contribution in [1.82, 2.24) is 4.90 Å². The highest BCUT2D eigenvalue weighted by Gasteiger charge is 2.28. The molecule has 20 heavy (non-hydrogen) atoms. The van der Waals surface area contributed by atoms with E-state index in [0.717, 1.165) is 19.1 Å². The van der Waals surface area contributed by atoms with Gasteiger partial charge >= 0.3 is 0 Å². The summed E-state index contributed by atoms with van der Waals surface area (Å²) in [5.74, 6) is 0.861. The van der Waals surface area contributed by atoms with Crippen LogP contribution < -0.4 is 0 Å². The van der Waals surface area contributed by atoms with Gasteiger partial charge in [-0.2, -0.15) is 0 Å². The van der Waals surface area contributed by atoms with Gasteiger partial charge in [-0.15, -0.1) is 0 Å². The predicted molar refractivity (Wildman–Crippen MR) is 79.8 cm³/mol. The molecule has 1 saturated heterocycles. The molecule has 0 unspecified atom stereocenters. The summed E-state index contributed by atoms with van der Waals surface area (Å²) in [5, 5.41) is 10.1. The predicted octanol–water partition coefficient (Wildman–Crippen LogP) is 2.05. The van der Waals surface area contributed by atoms with Crippen LogP contribution in [0.4, 0.5) is 0 Å². The Bertz CT molecular complexity index is 260. The van der Waals surface area contributed by atoms with Crippen LogP contribution in [0.25, 0.3) is 0 Å². The molecule has 0 bridgehead atoms. The number of rotatable bonds is 7. The highest BCUT2D eigenvalue weighted by Crippen LogP contribution is 2.28. The van der Waals surface area contributed by atoms with Crippen LogP contribution in [0.1, 0.15) is 45.4 Å². The van der Waals surface area contributed by atoms with Crippen LogP contribution in [0, 0.1) is 5.92 Å². The lowest BCUT2D eigenvalue weighted by molar-refractivity contribution is -0.00428. The van der Waals surface area contributed by atoms with E-state index in [0.29, 0.717) is 25.3 Å². The molecule has 1 N–H and O–H groups in total. The number of aliphatic hydroxyl groups excluding tert-OH is 1. The maximum Gasteiger partial charge on any atom is 0.0900 e. The summed E-state index contributed by atoms with van der Waals surface area (Å²) in [6.07, 6.45) is 7.46. The van der Waals surface area contributed by atoms with Crippen molar-refractivity contribution in [3.8, 4) is 0 Å². The molecule has 1 heterocycles. The summed E-state index contributed by atoms with van der Waals surface area (Å²) >= 11 is 0. The largest absolute Gasteiger partial charge is 0.389 e. The molecule has 0 amide bonds. The Hall–Kier alpha value is -0.160. The third-order valence-corrected chi connectivity index (χ3v) is 4.77. The van der Waals surface area contributed by atoms with E-state index in [1.165, 1.54) is 38.5 Å². The number of aliphatic hydroxyl groups is 1. The molecular weight excluding hydrogens is 254 g/mol. The van der Waals surface area contributed by atoms with E-state index in [1.807, 2.05) is 0 Å². The SMILES string of the molecule is COC[C@H](O)CN(C[C@@H]1CCCO1)C1CCC(C)CC1. The Kier molecular flexibility index (Phi) is 6.75. The van der Waals surface area contributed by atoms with E-state index in [-0.39, 0.29) is 6.10 Å². The molecule has 0 radical (unpaired) electrons. The van der Waals surface area contributed by atoms with E-state index in [9.17, 15) is 5.11 Å². The molecule has 0 aromatic carbocycles. The summed E-state index contributed by atoms with van der Waals surface area (Å²) in [7, 11) is 1.65. The highest BCUT2D eigenvalue weighted by molar-refractivity contribution is 4.82. The molecule has 1 aliphatic heterocycles. The van der Waals surface area contributed by atoms with Gasteiger partial charge in [-0.05, 0) is 44.4 Å². The number of hydrogen-bond acceptors (Lipinski definition) is 4. The van der Waals surface area contributed by atoms with Gasteiger partial charge in [-0.1, -0.05) is 6.92 Å². The normalized spacial score (nSPS) is 32.7. The van der Waals surface area contributed by atoms with E-state index >= 15 is 0 Å². The van der Waals surface area contributed by atoms with Gasteiger partial charge in [0.1, 0.15) is 0 Å². The molecular formula is C16H31NO3. The van der Waals surface area contributed by atoms with Crippen molar-refractivity contribution >= 4 is 0 Å². The standard InChI is InChI=1S/C16H31NO3/c1-13-5-7-14(8-6-13)17(10-15(18)12-19-2)11-16-4-3-9-20-16/h13-16,18H,3-12H2,1-2H3/t13?,14?,15-,16+/m1/s1. The average Bonchev–Trinajstić information content (AvgIpc) is 2.92. The first-order valence-corrected chi connectivity index (χ1v) is 8.21. The van der Waals surface area contributed by atoms with Crippen LogP contribution in [-0.4, -0.2) is 61.7 Å². The second-order valence-electron chi connectivity index (χ2n) is 6.61. The van der Waals surface area contributed by atoms with Gasteiger partial charge in [-0.3, -0.25) is 4.90 Å². The topological polar surface area (TPSA) is 41.9 Å². The molecule has 2 fully saturated rings. The number of nitrogens with zero attached hydrogens (tertiary/aromatic N) is 1. The second-order valence-corrected chi connectivity index (χ2v) is 6.61. The van der Waals surface area contributed by atoms with Gasteiger partial charge in [0.25, 0.3) is 0 Å². The first-order chi connectivity index (χ1) is 9.69. The zero-order chi connectivity index (χ0) is 14.4. The van der Waals surface area contributed by atoms with E-state index in [4.69, 9.17) is 9.47 Å². The number of hydrogen-bond donors (Lipinski definition) is 1. The first-order valence-electron chi connectivity index (χ1n) is 8.21. The van der Waals surface area contributed by atoms with Crippen molar-refractivity contribution in [3.05, 3.63) is 0 Å². The van der Waals surface area contributed by atoms with Crippen molar-refractivity contribution in [2.75, 3.05) is 33.4 Å². The molecule has 2 rings (SSSR count). The summed E-state index contributed by atoms with van der Waals surface area (Å²) in [4.78, 5) is 2.46. The molecule has 0 aromatic heterocycles. The molecule has 118 valence electrons. The molecule has 1 aliphatic carbocycles. The van der Waals surface area contributed by atoms with Gasteiger partial charge in [0.15, 0.2) is 0 Å². The Morgan fingerprint density at radius 3 is 2.60 bits per heavy atom. The Balaban J connectivity index is 1.87. The van der Waals surface area contributed by atoms with Gasteiger partial charge in [0.2, 0.25) is 0 Å². The third-order valence-electron chi connectivity index (χ3n) is 4.77. The van der Waals surface area contributed by atoms with Crippen LogP contribution in [0.15, 0.2) is 0 Å². The second kappa shape index (κ2) is 8.32. The van der Waals surface area contributed by atoms with Gasteiger partial charge in [0.05, 0.1) is 18.8 Å². The summed E-state index contributed by atoms with van der Waals surface area (Å²) in [6.45, 7) is 5.36. The smallest absolute Gasteiger partial charge is 0.0900 e. The zero-order valence-corrected chi connectivity index (χ0v) is 13.1. The van der Waals surface area contributed by atoms with Crippen LogP contribution in [0.3, 0.4) is 0 Å². The molecule has 0 spiro atoms. The van der Waals surface area contributed by atoms with Crippen molar-refractivity contribution < 1.29 is 14.6 Å². The van der Waals surface area contributed by atoms with Crippen LogP contribution in [0.5, 0.6) is 0 Å². The quantitative estimate of drug-likeness (QED) is 0.777. The lowest BCUT2D eigenvalue weighted by atomic mass is 9.86. The lowest BCUT2D eigenvalue weighted by Crippen LogP contribution is -2.46. The maximum atomic E-state index is 10.1. The summed E-state index contributed by atoms with van der Waals surface area (Å²) < 4.78 is 10.9. The number of methoxy groups -OCH3 is 1. The Morgan fingerprint density at radius 1 is 1.25 bits per heavy atom. The fraction of sp³-hybridized carbons (Fsp3) is 1.00. The fourth-order valence-corrected chi connectivity index (χ4v) is 3.55. The minimum absolute atomic E-state index is 0.365. The highest BCUT2D eigenvalue weighted by atomic mass is 16.5. The summed E-state index contributed by atoms with van der Waals surface area (Å²) in [6, 6.07) is 0.613. The van der Waals surface area contributed by atoms with Crippen LogP contribution in [-0.2, 0) is 9.47 Å². The van der Waals surface area contributed by atoms with Crippen molar-refractivity contribution in [2.24, 2.45) is 5.92 Å². The minimum Gasteiger partial charge on any atom is -0.389 e. The van der Waals surface area contributed by atoms with Crippen molar-refractivity contribution in [1.29, 1.82) is 0 Å². The minimum atomic E-state index is -0.388. The molecule has 4 heteroatoms. The summed E-state index contributed by atoms with van der Waals surface area (Å²) in [5.41, 5.74) is 0. The zero-order valence-electron chi connectivity index (χ0n) is 13.1. The Labute approximate surface area is 123 Å². The third kappa shape index (κ3) is 4.99. The van der Waals surface area contributed by atoms with E-state index in [1.54, 1.807) is 7.11 Å². The van der Waals surface area contributed by atoms with Crippen molar-refractivity contribution in [3.63, 3.8) is 0 Å². The lowest BCUT2D eigenvalue weighted by Gasteiger charge is -2.38. The van der Waals surface area contributed by atoms with Crippen molar-refractivity contribution in [2.45, 2.75) is 63.7 Å². The number of ether oxygens (including phenoxy) is 2. The van der Waals surface area contributed by atoms with Crippen LogP contribution in [0.2, 0.25) is 0 Å². The molecule has 2 atom stereocenters.